The van der Waals surface area contributed by atoms with E-state index in [9.17, 15) is 9.59 Å². The van der Waals surface area contributed by atoms with Crippen molar-refractivity contribution < 1.29 is 9.59 Å². The van der Waals surface area contributed by atoms with E-state index in [4.69, 9.17) is 0 Å². The van der Waals surface area contributed by atoms with Gasteiger partial charge in [0.1, 0.15) is 5.01 Å². The van der Waals surface area contributed by atoms with Crippen LogP contribution in [0.15, 0.2) is 29.9 Å². The van der Waals surface area contributed by atoms with E-state index in [0.29, 0.717) is 19.5 Å². The molecule has 2 aromatic rings. The number of rotatable bonds is 5. The summed E-state index contributed by atoms with van der Waals surface area (Å²) >= 11 is 1.60. The van der Waals surface area contributed by atoms with Crippen molar-refractivity contribution in [2.45, 2.75) is 26.2 Å². The van der Waals surface area contributed by atoms with Crippen LogP contribution in [0.3, 0.4) is 0 Å². The van der Waals surface area contributed by atoms with Crippen LogP contribution >= 0.6 is 11.3 Å². The Bertz CT molecular complexity index is 732. The number of hydrogen-bond acceptors (Lipinski definition) is 5. The number of nitrogens with one attached hydrogen (secondary N) is 1. The molecule has 6 nitrogen and oxygen atoms in total. The molecule has 0 aromatic carbocycles. The Morgan fingerprint density at radius 3 is 2.92 bits per heavy atom. The van der Waals surface area contributed by atoms with Gasteiger partial charge in [0.15, 0.2) is 0 Å². The van der Waals surface area contributed by atoms with E-state index in [1.807, 2.05) is 17.5 Å². The number of pyridine rings is 1. The van der Waals surface area contributed by atoms with Crippen molar-refractivity contribution in [2.75, 3.05) is 19.6 Å². The summed E-state index contributed by atoms with van der Waals surface area (Å²) in [7, 11) is 0. The second kappa shape index (κ2) is 8.20. The fourth-order valence-corrected chi connectivity index (χ4v) is 3.84. The number of thiazole rings is 1. The maximum Gasteiger partial charge on any atom is 0.224 e. The molecule has 2 aromatic heterocycles. The fraction of sp³-hybridized carbons (Fsp3) is 0.444. The van der Waals surface area contributed by atoms with Crippen molar-refractivity contribution in [1.29, 1.82) is 0 Å². The summed E-state index contributed by atoms with van der Waals surface area (Å²) in [4.78, 5) is 34.2. The van der Waals surface area contributed by atoms with E-state index < -0.39 is 0 Å². The van der Waals surface area contributed by atoms with Gasteiger partial charge < -0.3 is 10.2 Å². The minimum Gasteiger partial charge on any atom is -0.355 e. The summed E-state index contributed by atoms with van der Waals surface area (Å²) in [5, 5.41) is 5.98. The van der Waals surface area contributed by atoms with E-state index in [1.165, 1.54) is 0 Å². The minimum atomic E-state index is -0.0968. The van der Waals surface area contributed by atoms with Gasteiger partial charge in [-0.25, -0.2) is 4.98 Å². The van der Waals surface area contributed by atoms with E-state index in [0.717, 1.165) is 35.7 Å². The predicted molar refractivity (Wildman–Crippen MR) is 97.0 cm³/mol. The van der Waals surface area contributed by atoms with E-state index in [-0.39, 0.29) is 17.7 Å². The quantitative estimate of drug-likeness (QED) is 0.888. The Kier molecular flexibility index (Phi) is 5.75. The Hall–Kier alpha value is -2.28. The monoisotopic (exact) mass is 358 g/mol. The molecule has 3 heterocycles. The summed E-state index contributed by atoms with van der Waals surface area (Å²) in [6.45, 7) is 3.41. The molecule has 0 unspecified atom stereocenters. The Morgan fingerprint density at radius 1 is 1.36 bits per heavy atom. The lowest BCUT2D eigenvalue weighted by molar-refractivity contribution is -0.133. The predicted octanol–water partition coefficient (Wildman–Crippen LogP) is 2.12. The molecular weight excluding hydrogens is 336 g/mol. The summed E-state index contributed by atoms with van der Waals surface area (Å²) in [5.41, 5.74) is 2.04. The normalized spacial score (nSPS) is 17.3. The van der Waals surface area contributed by atoms with Crippen LogP contribution in [0.4, 0.5) is 0 Å². The van der Waals surface area contributed by atoms with Crippen LogP contribution in [0, 0.1) is 5.92 Å². The number of carbonyl (C=O) groups excluding carboxylic acids is 2. The maximum absolute atomic E-state index is 12.3. The van der Waals surface area contributed by atoms with Crippen LogP contribution in [0.25, 0.3) is 10.6 Å². The third-order valence-electron chi connectivity index (χ3n) is 4.40. The van der Waals surface area contributed by atoms with Gasteiger partial charge in [-0.05, 0) is 25.0 Å². The van der Waals surface area contributed by atoms with Gasteiger partial charge in [-0.3, -0.25) is 14.6 Å². The Morgan fingerprint density at radius 2 is 2.16 bits per heavy atom. The summed E-state index contributed by atoms with van der Waals surface area (Å²) in [6.07, 6.45) is 5.95. The van der Waals surface area contributed by atoms with E-state index in [1.54, 1.807) is 35.6 Å². The number of hydrogen-bond donors (Lipinski definition) is 1. The first kappa shape index (κ1) is 17.5. The Balaban J connectivity index is 1.47. The molecule has 1 aliphatic heterocycles. The highest BCUT2D eigenvalue weighted by Gasteiger charge is 2.26. The number of aromatic nitrogens is 2. The number of carbonyl (C=O) groups is 2. The number of piperidine rings is 1. The highest BCUT2D eigenvalue weighted by molar-refractivity contribution is 7.13. The Labute approximate surface area is 151 Å². The molecule has 0 bridgehead atoms. The minimum absolute atomic E-state index is 0.0375. The molecular formula is C18H22N4O2S. The molecule has 7 heteroatoms. The molecule has 132 valence electrons. The molecule has 1 N–H and O–H groups in total. The topological polar surface area (TPSA) is 75.2 Å². The molecule has 0 saturated carbocycles. The number of likely N-dealkylation sites (tertiary alicyclic amines) is 1. The SMILES string of the molecule is CC(=O)N1CCC[C@@H](C(=O)NCCc2csc(-c3ccncc3)n2)C1. The van der Waals surface area contributed by atoms with Crippen molar-refractivity contribution in [3.63, 3.8) is 0 Å². The van der Waals surface area contributed by atoms with Crippen molar-refractivity contribution >= 4 is 23.2 Å². The van der Waals surface area contributed by atoms with E-state index in [2.05, 4.69) is 15.3 Å². The lowest BCUT2D eigenvalue weighted by Crippen LogP contribution is -2.45. The molecule has 1 atom stereocenters. The highest BCUT2D eigenvalue weighted by atomic mass is 32.1. The lowest BCUT2D eigenvalue weighted by Gasteiger charge is -2.31. The van der Waals surface area contributed by atoms with E-state index >= 15 is 0 Å². The van der Waals surface area contributed by atoms with Crippen LogP contribution in [0.1, 0.15) is 25.5 Å². The molecule has 0 spiro atoms. The molecule has 0 aliphatic carbocycles. The first-order chi connectivity index (χ1) is 12.1. The summed E-state index contributed by atoms with van der Waals surface area (Å²) in [6, 6.07) is 3.88. The fourth-order valence-electron chi connectivity index (χ4n) is 2.98. The summed E-state index contributed by atoms with van der Waals surface area (Å²) in [5.74, 6) is -0.0142. The molecule has 3 rings (SSSR count). The average Bonchev–Trinajstić information content (AvgIpc) is 3.11. The zero-order chi connectivity index (χ0) is 17.6. The van der Waals surface area contributed by atoms with Crippen molar-refractivity contribution in [2.24, 2.45) is 5.92 Å². The van der Waals surface area contributed by atoms with Gasteiger partial charge in [0, 0.05) is 56.3 Å². The van der Waals surface area contributed by atoms with Crippen molar-refractivity contribution in [3.05, 3.63) is 35.6 Å². The van der Waals surface area contributed by atoms with Gasteiger partial charge in [-0.2, -0.15) is 0 Å². The zero-order valence-corrected chi connectivity index (χ0v) is 15.1. The lowest BCUT2D eigenvalue weighted by atomic mass is 9.97. The molecule has 1 aliphatic rings. The van der Waals surface area contributed by atoms with Gasteiger partial charge in [0.05, 0.1) is 11.6 Å². The van der Waals surface area contributed by atoms with Crippen LogP contribution in [-0.2, 0) is 16.0 Å². The van der Waals surface area contributed by atoms with Gasteiger partial charge in [-0.1, -0.05) is 0 Å². The molecule has 25 heavy (non-hydrogen) atoms. The third kappa shape index (κ3) is 4.63. The molecule has 2 amide bonds. The largest absolute Gasteiger partial charge is 0.355 e. The van der Waals surface area contributed by atoms with Crippen molar-refractivity contribution in [3.8, 4) is 10.6 Å². The average molecular weight is 358 g/mol. The first-order valence-corrected chi connectivity index (χ1v) is 9.39. The smallest absolute Gasteiger partial charge is 0.224 e. The van der Waals surface area contributed by atoms with Crippen LogP contribution < -0.4 is 5.32 Å². The van der Waals surface area contributed by atoms with Crippen LogP contribution in [0.2, 0.25) is 0 Å². The van der Waals surface area contributed by atoms with Gasteiger partial charge in [0.2, 0.25) is 11.8 Å². The first-order valence-electron chi connectivity index (χ1n) is 8.51. The van der Waals surface area contributed by atoms with Gasteiger partial charge in [-0.15, -0.1) is 11.3 Å². The second-order valence-electron chi connectivity index (χ2n) is 6.23. The molecule has 0 radical (unpaired) electrons. The van der Waals surface area contributed by atoms with Crippen LogP contribution in [-0.4, -0.2) is 46.3 Å². The number of amides is 2. The number of nitrogens with zero attached hydrogens (tertiary/aromatic N) is 3. The standard InChI is InChI=1S/C18H22N4O2S/c1-13(23)22-10-2-3-15(11-22)17(24)20-9-6-16-12-25-18(21-16)14-4-7-19-8-5-14/h4-5,7-8,12,15H,2-3,6,9-11H2,1H3,(H,20,24)/t15-/m1/s1. The molecule has 1 fully saturated rings. The summed E-state index contributed by atoms with van der Waals surface area (Å²) < 4.78 is 0. The van der Waals surface area contributed by atoms with Gasteiger partial charge in [0.25, 0.3) is 0 Å². The highest BCUT2D eigenvalue weighted by Crippen LogP contribution is 2.23. The zero-order valence-electron chi connectivity index (χ0n) is 14.3. The molecule has 1 saturated heterocycles. The van der Waals surface area contributed by atoms with Gasteiger partial charge >= 0.3 is 0 Å². The maximum atomic E-state index is 12.3. The van der Waals surface area contributed by atoms with Crippen molar-refractivity contribution in [1.82, 2.24) is 20.2 Å². The van der Waals surface area contributed by atoms with Crippen LogP contribution in [0.5, 0.6) is 0 Å². The second-order valence-corrected chi connectivity index (χ2v) is 7.08. The third-order valence-corrected chi connectivity index (χ3v) is 5.34.